The molecule has 1 aliphatic heterocycles. The monoisotopic (exact) mass is 351 g/mol. The van der Waals surface area contributed by atoms with Crippen molar-refractivity contribution in [1.82, 2.24) is 5.32 Å². The molecule has 1 aromatic heterocycles. The second-order valence-corrected chi connectivity index (χ2v) is 6.18. The molecule has 2 heterocycles. The Kier molecular flexibility index (Phi) is 4.18. The Morgan fingerprint density at radius 1 is 1.19 bits per heavy atom. The summed E-state index contributed by atoms with van der Waals surface area (Å²) in [4.78, 5) is 24.3. The highest BCUT2D eigenvalue weighted by Crippen LogP contribution is 2.28. The molecule has 2 N–H and O–H groups in total. The fraction of sp³-hybridized carbons (Fsp3) is 0.200. The van der Waals surface area contributed by atoms with Crippen molar-refractivity contribution < 1.29 is 19.1 Å². The van der Waals surface area contributed by atoms with Gasteiger partial charge in [-0.2, -0.15) is 0 Å². The molecule has 1 amide bonds. The van der Waals surface area contributed by atoms with Crippen molar-refractivity contribution >= 4 is 16.9 Å². The molecule has 0 saturated carbocycles. The molecule has 0 aliphatic carbocycles. The van der Waals surface area contributed by atoms with Gasteiger partial charge in [0.15, 0.2) is 0 Å². The average Bonchev–Trinajstić information content (AvgIpc) is 3.13. The Morgan fingerprint density at radius 2 is 2.04 bits per heavy atom. The smallest absolute Gasteiger partial charge is 0.349 e. The molecule has 132 valence electrons. The number of aliphatic hydroxyl groups excluding tert-OH is 1. The summed E-state index contributed by atoms with van der Waals surface area (Å²) in [5.74, 6) is 0.256. The Labute approximate surface area is 149 Å². The van der Waals surface area contributed by atoms with E-state index in [1.165, 1.54) is 6.07 Å². The van der Waals surface area contributed by atoms with Crippen LogP contribution in [0.2, 0.25) is 0 Å². The number of hydrogen-bond acceptors (Lipinski definition) is 5. The van der Waals surface area contributed by atoms with Crippen molar-refractivity contribution in [3.8, 4) is 5.75 Å². The van der Waals surface area contributed by atoms with E-state index in [-0.39, 0.29) is 12.1 Å². The second kappa shape index (κ2) is 6.65. The number of rotatable bonds is 4. The number of amides is 1. The summed E-state index contributed by atoms with van der Waals surface area (Å²) in [7, 11) is 0. The van der Waals surface area contributed by atoms with E-state index >= 15 is 0 Å². The number of hydrogen-bond donors (Lipinski definition) is 2. The Hall–Kier alpha value is -3.12. The average molecular weight is 351 g/mol. The summed E-state index contributed by atoms with van der Waals surface area (Å²) in [6.45, 7) is 0.633. The molecule has 3 aromatic rings. The third-order valence-electron chi connectivity index (χ3n) is 4.44. The number of ether oxygens (including phenoxy) is 1. The van der Waals surface area contributed by atoms with Gasteiger partial charge in [-0.05, 0) is 35.4 Å². The first-order valence-corrected chi connectivity index (χ1v) is 8.36. The lowest BCUT2D eigenvalue weighted by Crippen LogP contribution is -2.31. The number of para-hydroxylation sites is 1. The third-order valence-corrected chi connectivity index (χ3v) is 4.44. The zero-order valence-corrected chi connectivity index (χ0v) is 13.9. The molecular formula is C20H17NO5. The van der Waals surface area contributed by atoms with Gasteiger partial charge in [0.2, 0.25) is 0 Å². The van der Waals surface area contributed by atoms with E-state index in [1.807, 2.05) is 12.1 Å². The summed E-state index contributed by atoms with van der Waals surface area (Å²) in [5.41, 5.74) is 1.38. The van der Waals surface area contributed by atoms with E-state index in [1.54, 1.807) is 30.3 Å². The standard InChI is InChI=1S/C20H17NO5/c22-16(12-5-6-17-14(9-12)7-8-25-17)11-21-19(23)15-10-13-3-1-2-4-18(13)26-20(15)24/h1-6,9-10,16,22H,7-8,11H2,(H,21,23). The summed E-state index contributed by atoms with van der Waals surface area (Å²) in [6, 6.07) is 13.9. The molecule has 6 heteroatoms. The lowest BCUT2D eigenvalue weighted by atomic mass is 10.0. The zero-order chi connectivity index (χ0) is 18.1. The van der Waals surface area contributed by atoms with Gasteiger partial charge in [0, 0.05) is 18.4 Å². The van der Waals surface area contributed by atoms with Crippen LogP contribution < -0.4 is 15.7 Å². The normalized spacial score (nSPS) is 13.9. The maximum absolute atomic E-state index is 12.3. The van der Waals surface area contributed by atoms with Crippen LogP contribution in [0, 0.1) is 0 Å². The Morgan fingerprint density at radius 3 is 2.92 bits per heavy atom. The van der Waals surface area contributed by atoms with Crippen LogP contribution in [0.4, 0.5) is 0 Å². The predicted octanol–water partition coefficient (Wildman–Crippen LogP) is 2.19. The van der Waals surface area contributed by atoms with Crippen LogP contribution in [0.5, 0.6) is 5.75 Å². The second-order valence-electron chi connectivity index (χ2n) is 6.18. The fourth-order valence-corrected chi connectivity index (χ4v) is 3.04. The third kappa shape index (κ3) is 3.07. The highest BCUT2D eigenvalue weighted by atomic mass is 16.5. The highest BCUT2D eigenvalue weighted by molar-refractivity contribution is 5.96. The minimum Gasteiger partial charge on any atom is -0.493 e. The number of aliphatic hydroxyl groups is 1. The lowest BCUT2D eigenvalue weighted by Gasteiger charge is -2.13. The SMILES string of the molecule is O=C(NCC(O)c1ccc2c(c1)CCO2)c1cc2ccccc2oc1=O. The van der Waals surface area contributed by atoms with E-state index < -0.39 is 17.6 Å². The fourth-order valence-electron chi connectivity index (χ4n) is 3.04. The molecule has 2 aromatic carbocycles. The van der Waals surface area contributed by atoms with Crippen LogP contribution in [0.15, 0.2) is 57.7 Å². The molecule has 1 aliphatic rings. The van der Waals surface area contributed by atoms with Crippen LogP contribution in [-0.2, 0) is 6.42 Å². The van der Waals surface area contributed by atoms with E-state index in [2.05, 4.69) is 5.32 Å². The summed E-state index contributed by atoms with van der Waals surface area (Å²) in [6.07, 6.45) is -0.0715. The van der Waals surface area contributed by atoms with Crippen molar-refractivity contribution in [2.45, 2.75) is 12.5 Å². The van der Waals surface area contributed by atoms with E-state index in [0.29, 0.717) is 23.1 Å². The molecule has 0 spiro atoms. The highest BCUT2D eigenvalue weighted by Gasteiger charge is 2.18. The minimum atomic E-state index is -0.877. The minimum absolute atomic E-state index is 0.00918. The van der Waals surface area contributed by atoms with Crippen LogP contribution in [0.3, 0.4) is 0 Å². The molecule has 26 heavy (non-hydrogen) atoms. The van der Waals surface area contributed by atoms with Gasteiger partial charge in [0.05, 0.1) is 12.7 Å². The summed E-state index contributed by atoms with van der Waals surface area (Å²) in [5, 5.41) is 13.6. The number of carbonyl (C=O) groups excluding carboxylic acids is 1. The molecule has 6 nitrogen and oxygen atoms in total. The quantitative estimate of drug-likeness (QED) is 0.704. The zero-order valence-electron chi connectivity index (χ0n) is 13.9. The Balaban J connectivity index is 1.48. The summed E-state index contributed by atoms with van der Waals surface area (Å²) < 4.78 is 10.6. The van der Waals surface area contributed by atoms with Crippen molar-refractivity contribution in [3.05, 3.63) is 75.6 Å². The number of benzene rings is 2. The molecule has 0 radical (unpaired) electrons. The largest absolute Gasteiger partial charge is 0.493 e. The van der Waals surface area contributed by atoms with Crippen molar-refractivity contribution in [2.75, 3.05) is 13.2 Å². The van der Waals surface area contributed by atoms with Crippen molar-refractivity contribution in [2.24, 2.45) is 0 Å². The maximum Gasteiger partial charge on any atom is 0.349 e. The number of fused-ring (bicyclic) bond motifs is 2. The molecule has 4 rings (SSSR count). The van der Waals surface area contributed by atoms with Crippen LogP contribution in [0.25, 0.3) is 11.0 Å². The molecule has 0 saturated heterocycles. The molecular weight excluding hydrogens is 334 g/mol. The number of carbonyl (C=O) groups is 1. The van der Waals surface area contributed by atoms with E-state index in [9.17, 15) is 14.7 Å². The van der Waals surface area contributed by atoms with Gasteiger partial charge in [0.1, 0.15) is 16.9 Å². The van der Waals surface area contributed by atoms with Crippen LogP contribution in [0.1, 0.15) is 27.6 Å². The van der Waals surface area contributed by atoms with E-state index in [4.69, 9.17) is 9.15 Å². The van der Waals surface area contributed by atoms with Gasteiger partial charge in [-0.15, -0.1) is 0 Å². The molecule has 0 bridgehead atoms. The number of nitrogens with one attached hydrogen (secondary N) is 1. The van der Waals surface area contributed by atoms with Gasteiger partial charge in [-0.25, -0.2) is 4.79 Å². The lowest BCUT2D eigenvalue weighted by molar-refractivity contribution is 0.0913. The predicted molar refractivity (Wildman–Crippen MR) is 95.4 cm³/mol. The van der Waals surface area contributed by atoms with Crippen LogP contribution >= 0.6 is 0 Å². The van der Waals surface area contributed by atoms with Gasteiger partial charge in [0.25, 0.3) is 5.91 Å². The maximum atomic E-state index is 12.3. The molecule has 0 fully saturated rings. The Bertz CT molecular complexity index is 1040. The topological polar surface area (TPSA) is 88.8 Å². The molecule has 1 atom stereocenters. The van der Waals surface area contributed by atoms with Crippen molar-refractivity contribution in [3.63, 3.8) is 0 Å². The van der Waals surface area contributed by atoms with E-state index in [0.717, 1.165) is 17.7 Å². The van der Waals surface area contributed by atoms with Gasteiger partial charge < -0.3 is 19.6 Å². The first kappa shape index (κ1) is 16.4. The van der Waals surface area contributed by atoms with Gasteiger partial charge in [-0.3, -0.25) is 4.79 Å². The first-order valence-electron chi connectivity index (χ1n) is 8.36. The summed E-state index contributed by atoms with van der Waals surface area (Å²) >= 11 is 0. The van der Waals surface area contributed by atoms with Crippen molar-refractivity contribution in [1.29, 1.82) is 0 Å². The van der Waals surface area contributed by atoms with Gasteiger partial charge in [-0.1, -0.05) is 24.3 Å². The first-order chi connectivity index (χ1) is 12.6. The van der Waals surface area contributed by atoms with Crippen LogP contribution in [-0.4, -0.2) is 24.2 Å². The molecule has 1 unspecified atom stereocenters. The van der Waals surface area contributed by atoms with Gasteiger partial charge >= 0.3 is 5.63 Å².